The molecule has 2 amide bonds. The number of ether oxygens (including phenoxy) is 1. The van der Waals surface area contributed by atoms with Crippen molar-refractivity contribution in [3.05, 3.63) is 42.2 Å². The van der Waals surface area contributed by atoms with Crippen molar-refractivity contribution in [1.82, 2.24) is 24.6 Å². The molecule has 3 heterocycles. The topological polar surface area (TPSA) is 145 Å². The minimum atomic E-state index is -2.87. The van der Waals surface area contributed by atoms with Crippen molar-refractivity contribution in [2.75, 3.05) is 43.4 Å². The molecule has 0 bridgehead atoms. The van der Waals surface area contributed by atoms with Gasteiger partial charge in [0.2, 0.25) is 5.89 Å². The molecule has 0 unspecified atom stereocenters. The average Bonchev–Trinajstić information content (AvgIpc) is 3.59. The van der Waals surface area contributed by atoms with E-state index in [4.69, 9.17) is 14.9 Å². The lowest BCUT2D eigenvalue weighted by Crippen LogP contribution is -2.38. The summed E-state index contributed by atoms with van der Waals surface area (Å²) in [5.41, 5.74) is 4.78. The molecule has 0 spiro atoms. The highest BCUT2D eigenvalue weighted by molar-refractivity contribution is 6.03. The van der Waals surface area contributed by atoms with Gasteiger partial charge in [0, 0.05) is 31.0 Å². The number of amides is 2. The number of unbranched alkanes of at least 4 members (excludes halogenated alkanes) is 4. The quantitative estimate of drug-likeness (QED) is 0.134. The van der Waals surface area contributed by atoms with Crippen LogP contribution in [0.1, 0.15) is 120 Å². The summed E-state index contributed by atoms with van der Waals surface area (Å²) in [7, 11) is 2.17. The van der Waals surface area contributed by atoms with E-state index in [9.17, 15) is 18.4 Å². The number of rotatable bonds is 17. The van der Waals surface area contributed by atoms with E-state index in [0.717, 1.165) is 64.6 Å². The van der Waals surface area contributed by atoms with Crippen molar-refractivity contribution in [3.63, 3.8) is 0 Å². The molecule has 3 N–H and O–H groups in total. The largest absolute Gasteiger partial charge is 0.444 e. The van der Waals surface area contributed by atoms with Gasteiger partial charge in [-0.25, -0.2) is 23.5 Å². The van der Waals surface area contributed by atoms with Gasteiger partial charge in [0.15, 0.2) is 11.4 Å². The Morgan fingerprint density at radius 1 is 1.06 bits per heavy atom. The van der Waals surface area contributed by atoms with Crippen molar-refractivity contribution in [3.8, 4) is 11.5 Å². The average molecular weight is 713 g/mol. The Labute approximate surface area is 299 Å². The van der Waals surface area contributed by atoms with E-state index in [-0.39, 0.29) is 23.3 Å². The highest BCUT2D eigenvalue weighted by atomic mass is 19.3. The minimum absolute atomic E-state index is 0.0167. The molecular formula is C37H54F2N8O4. The summed E-state index contributed by atoms with van der Waals surface area (Å²) in [6.07, 6.45) is 12.5. The molecule has 0 radical (unpaired) electrons. The van der Waals surface area contributed by atoms with Gasteiger partial charge < -0.3 is 25.1 Å². The molecule has 0 saturated heterocycles. The van der Waals surface area contributed by atoms with Crippen LogP contribution in [0.4, 0.5) is 25.1 Å². The zero-order valence-electron chi connectivity index (χ0n) is 30.5. The van der Waals surface area contributed by atoms with E-state index in [0.29, 0.717) is 29.8 Å². The van der Waals surface area contributed by atoms with Crippen LogP contribution in [0, 0.1) is 11.8 Å². The third-order valence-electron chi connectivity index (χ3n) is 9.48. The highest BCUT2D eigenvalue weighted by Crippen LogP contribution is 2.36. The van der Waals surface area contributed by atoms with Crippen LogP contribution < -0.4 is 16.0 Å². The normalized spacial score (nSPS) is 18.0. The van der Waals surface area contributed by atoms with E-state index in [2.05, 4.69) is 32.3 Å². The number of aromatic nitrogens is 4. The number of anilines is 2. The summed E-state index contributed by atoms with van der Waals surface area (Å²) in [6.45, 7) is 8.75. The van der Waals surface area contributed by atoms with Gasteiger partial charge in [-0.3, -0.25) is 14.4 Å². The molecule has 5 rings (SSSR count). The number of nitrogens with one attached hydrogen (secondary N) is 1. The fourth-order valence-corrected chi connectivity index (χ4v) is 6.56. The van der Waals surface area contributed by atoms with Crippen molar-refractivity contribution < 1.29 is 27.5 Å². The maximum Gasteiger partial charge on any atom is 0.416 e. The Kier molecular flexibility index (Phi) is 13.2. The smallest absolute Gasteiger partial charge is 0.416 e. The van der Waals surface area contributed by atoms with Gasteiger partial charge in [0.1, 0.15) is 17.7 Å². The molecule has 3 aromatic heterocycles. The zero-order chi connectivity index (χ0) is 36.5. The molecule has 3 aromatic rings. The Hall–Kier alpha value is -3.91. The fraction of sp³-hybridized carbons (Fsp3) is 0.649. The van der Waals surface area contributed by atoms with E-state index in [1.54, 1.807) is 37.6 Å². The lowest BCUT2D eigenvalue weighted by Gasteiger charge is -2.31. The minimum Gasteiger partial charge on any atom is -0.444 e. The highest BCUT2D eigenvalue weighted by Gasteiger charge is 2.32. The number of carbonyl (C=O) groups excluding carboxylic acids is 2. The molecule has 2 fully saturated rings. The first-order chi connectivity index (χ1) is 24.4. The Balaban J connectivity index is 1.18. The molecule has 51 heavy (non-hydrogen) atoms. The number of hydrogen-bond donors (Lipinski definition) is 2. The number of hydrogen-bond acceptors (Lipinski definition) is 9. The lowest BCUT2D eigenvalue weighted by molar-refractivity contribution is 0.0577. The van der Waals surface area contributed by atoms with Gasteiger partial charge in [-0.1, -0.05) is 19.3 Å². The van der Waals surface area contributed by atoms with Gasteiger partial charge >= 0.3 is 6.09 Å². The first kappa shape index (κ1) is 38.3. The molecule has 0 atom stereocenters. The van der Waals surface area contributed by atoms with Crippen LogP contribution in [-0.4, -0.2) is 75.5 Å². The van der Waals surface area contributed by atoms with Crippen LogP contribution in [0.15, 0.2) is 35.2 Å². The van der Waals surface area contributed by atoms with Crippen LogP contribution in [0.5, 0.6) is 0 Å². The standard InChI is InChI=1S/C37H54F2N8O4/c1-37(2,3)51-36(49)46(22-26-10-11-26)31-20-27(16-18-41-31)35-43-30(24-50-35)34(48)42-29-23-47(44-32(29)33(38)39)28-14-12-25(13-15-28)21-45(4)19-9-7-5-6-8-17-40/h16,18,20,23-26,28,33H,5-15,17,19,21-22,40H2,1-4H3,(H,42,48). The number of nitrogens with two attached hydrogens (primary N) is 1. The molecule has 2 aliphatic rings. The van der Waals surface area contributed by atoms with E-state index >= 15 is 0 Å². The summed E-state index contributed by atoms with van der Waals surface area (Å²) in [5.74, 6) is 0.730. The first-order valence-corrected chi connectivity index (χ1v) is 18.4. The number of nitrogens with zero attached hydrogens (tertiary/aromatic N) is 6. The number of alkyl halides is 2. The Bertz CT molecular complexity index is 1580. The maximum atomic E-state index is 14.1. The predicted octanol–water partition coefficient (Wildman–Crippen LogP) is 7.85. The van der Waals surface area contributed by atoms with Gasteiger partial charge in [-0.05, 0) is 116 Å². The molecule has 12 nitrogen and oxygen atoms in total. The van der Waals surface area contributed by atoms with Crippen LogP contribution in [-0.2, 0) is 4.74 Å². The van der Waals surface area contributed by atoms with Gasteiger partial charge in [-0.2, -0.15) is 5.10 Å². The summed E-state index contributed by atoms with van der Waals surface area (Å²) in [4.78, 5) is 38.9. The maximum absolute atomic E-state index is 14.1. The molecule has 2 saturated carbocycles. The van der Waals surface area contributed by atoms with Crippen molar-refractivity contribution in [1.29, 1.82) is 0 Å². The van der Waals surface area contributed by atoms with Gasteiger partial charge in [-0.15, -0.1) is 0 Å². The van der Waals surface area contributed by atoms with Gasteiger partial charge in [0.05, 0.1) is 11.7 Å². The molecule has 14 heteroatoms. The second-order valence-corrected chi connectivity index (χ2v) is 15.1. The van der Waals surface area contributed by atoms with E-state index in [1.807, 2.05) is 0 Å². The summed E-state index contributed by atoms with van der Waals surface area (Å²) in [6, 6.07) is 3.29. The lowest BCUT2D eigenvalue weighted by atomic mass is 9.86. The van der Waals surface area contributed by atoms with Crippen LogP contribution in [0.3, 0.4) is 0 Å². The first-order valence-electron chi connectivity index (χ1n) is 18.4. The van der Waals surface area contributed by atoms with E-state index < -0.39 is 29.7 Å². The third-order valence-corrected chi connectivity index (χ3v) is 9.48. The summed E-state index contributed by atoms with van der Waals surface area (Å²) < 4.78 is 41.0. The number of pyridine rings is 1. The summed E-state index contributed by atoms with van der Waals surface area (Å²) in [5, 5.41) is 6.80. The SMILES string of the molecule is CN(CCCCCCCN)CC1CCC(n2cc(NC(=O)c3coc(-c4ccnc(N(CC5CC5)C(=O)OC(C)(C)C)c4)n3)c(C(F)F)n2)CC1. The second-order valence-electron chi connectivity index (χ2n) is 15.1. The predicted molar refractivity (Wildman–Crippen MR) is 192 cm³/mol. The number of carbonyl (C=O) groups is 2. The monoisotopic (exact) mass is 712 g/mol. The fourth-order valence-electron chi connectivity index (χ4n) is 6.56. The third kappa shape index (κ3) is 11.3. The van der Waals surface area contributed by atoms with Crippen molar-refractivity contribution in [2.24, 2.45) is 17.6 Å². The Morgan fingerprint density at radius 3 is 2.43 bits per heavy atom. The number of halogens is 2. The molecule has 0 aromatic carbocycles. The molecule has 0 aliphatic heterocycles. The zero-order valence-corrected chi connectivity index (χ0v) is 30.5. The van der Waals surface area contributed by atoms with Crippen LogP contribution >= 0.6 is 0 Å². The van der Waals surface area contributed by atoms with Gasteiger partial charge in [0.25, 0.3) is 12.3 Å². The van der Waals surface area contributed by atoms with E-state index in [1.165, 1.54) is 49.2 Å². The Morgan fingerprint density at radius 2 is 1.75 bits per heavy atom. The van der Waals surface area contributed by atoms with Crippen LogP contribution in [0.2, 0.25) is 0 Å². The van der Waals surface area contributed by atoms with Crippen molar-refractivity contribution in [2.45, 2.75) is 109 Å². The van der Waals surface area contributed by atoms with Crippen LogP contribution in [0.25, 0.3) is 11.5 Å². The molecular weight excluding hydrogens is 658 g/mol. The molecule has 280 valence electrons. The number of oxazole rings is 1. The second kappa shape index (κ2) is 17.5. The summed E-state index contributed by atoms with van der Waals surface area (Å²) >= 11 is 0. The molecule has 2 aliphatic carbocycles. The van der Waals surface area contributed by atoms with Crippen molar-refractivity contribution >= 4 is 23.5 Å².